The highest BCUT2D eigenvalue weighted by atomic mass is 35.5. The molecule has 0 spiro atoms. The Balaban J connectivity index is 0.000000215. The molecule has 5 N–H and O–H groups in total. The summed E-state index contributed by atoms with van der Waals surface area (Å²) in [4.78, 5) is 20.5. The zero-order valence-corrected chi connectivity index (χ0v) is 25.8. The molecule has 9 nitrogen and oxygen atoms in total. The second kappa shape index (κ2) is 14.7. The fourth-order valence-electron chi connectivity index (χ4n) is 4.71. The number of benzene rings is 2. The van der Waals surface area contributed by atoms with Gasteiger partial charge in [-0.1, -0.05) is 60.5 Å². The molecule has 1 saturated carbocycles. The van der Waals surface area contributed by atoms with Gasteiger partial charge in [0, 0.05) is 24.3 Å². The minimum absolute atomic E-state index is 0.0777. The van der Waals surface area contributed by atoms with E-state index in [9.17, 15) is 22.2 Å². The second-order valence-electron chi connectivity index (χ2n) is 10.1. The summed E-state index contributed by atoms with van der Waals surface area (Å²) in [7, 11) is -4.58. The summed E-state index contributed by atoms with van der Waals surface area (Å²) < 4.78 is 34.0. The first kappa shape index (κ1) is 33.0. The second-order valence-corrected chi connectivity index (χ2v) is 12.3. The number of hydrogen-bond acceptors (Lipinski definition) is 8. The zero-order chi connectivity index (χ0) is 31.9. The average molecular weight is 659 g/mol. The predicted octanol–water partition coefficient (Wildman–Crippen LogP) is 6.02. The molecule has 1 amide bonds. The molecule has 0 bridgehead atoms. The van der Waals surface area contributed by atoms with E-state index in [4.69, 9.17) is 35.4 Å². The lowest BCUT2D eigenvalue weighted by Gasteiger charge is -2.22. The van der Waals surface area contributed by atoms with Gasteiger partial charge in [-0.25, -0.2) is 4.98 Å². The van der Waals surface area contributed by atoms with Gasteiger partial charge in [0.1, 0.15) is 5.52 Å². The molecular formula is C31H30Cl2FN5O4S. The molecule has 0 aliphatic heterocycles. The Kier molecular flexibility index (Phi) is 11.0. The molecule has 1 aliphatic rings. The SMILES string of the molecule is C#CCNC(=O)c1cnc2ccc(-c3cc(Cl)c(O)c(Cl)c3)nc2c1N.O=S(=O)(F)c1ccc(CNC2CCCCC2)cc1. The number of nitrogens with one attached hydrogen (secondary N) is 2. The van der Waals surface area contributed by atoms with Crippen LogP contribution in [0.3, 0.4) is 0 Å². The van der Waals surface area contributed by atoms with E-state index in [0.29, 0.717) is 34.9 Å². The van der Waals surface area contributed by atoms with Crippen LogP contribution in [0.15, 0.2) is 59.6 Å². The number of hydrogen-bond donors (Lipinski definition) is 4. The van der Waals surface area contributed by atoms with Crippen LogP contribution in [0.2, 0.25) is 10.0 Å². The number of nitrogens with two attached hydrogens (primary N) is 1. The molecule has 0 unspecified atom stereocenters. The Morgan fingerprint density at radius 2 is 1.75 bits per heavy atom. The normalized spacial score (nSPS) is 13.5. The highest BCUT2D eigenvalue weighted by Gasteiger charge is 2.16. The summed E-state index contributed by atoms with van der Waals surface area (Å²) in [5.41, 5.74) is 9.43. The van der Waals surface area contributed by atoms with Gasteiger partial charge in [-0.05, 0) is 54.8 Å². The number of terminal acetylenes is 1. The number of pyridine rings is 2. The van der Waals surface area contributed by atoms with E-state index in [1.807, 2.05) is 0 Å². The molecule has 1 aliphatic carbocycles. The molecular weight excluding hydrogens is 628 g/mol. The lowest BCUT2D eigenvalue weighted by molar-refractivity contribution is 0.0959. The first-order valence-electron chi connectivity index (χ1n) is 13.7. The number of amides is 1. The Labute approximate surface area is 265 Å². The van der Waals surface area contributed by atoms with Crippen molar-refractivity contribution in [1.82, 2.24) is 20.6 Å². The van der Waals surface area contributed by atoms with Crippen LogP contribution in [0.1, 0.15) is 48.0 Å². The molecule has 0 saturated heterocycles. The van der Waals surface area contributed by atoms with Crippen molar-refractivity contribution < 1.29 is 22.2 Å². The number of fused-ring (bicyclic) bond motifs is 1. The Morgan fingerprint density at radius 3 is 2.36 bits per heavy atom. The number of rotatable bonds is 7. The van der Waals surface area contributed by atoms with Crippen LogP contribution in [-0.4, -0.2) is 42.0 Å². The van der Waals surface area contributed by atoms with Gasteiger partial charge in [-0.15, -0.1) is 10.3 Å². The summed E-state index contributed by atoms with van der Waals surface area (Å²) in [6.45, 7) is 0.783. The number of nitrogens with zero attached hydrogens (tertiary/aromatic N) is 2. The Bertz CT molecular complexity index is 1790. The molecule has 0 atom stereocenters. The van der Waals surface area contributed by atoms with Gasteiger partial charge in [-0.3, -0.25) is 9.78 Å². The van der Waals surface area contributed by atoms with Gasteiger partial charge in [0.2, 0.25) is 0 Å². The average Bonchev–Trinajstić information content (AvgIpc) is 3.02. The zero-order valence-electron chi connectivity index (χ0n) is 23.5. The van der Waals surface area contributed by atoms with Crippen molar-refractivity contribution in [3.05, 3.63) is 75.9 Å². The number of phenols is 1. The molecule has 44 heavy (non-hydrogen) atoms. The standard InChI is InChI=1S/C18H12Cl2N4O2.C13H18FNO2S/c1-2-5-22-18(26)10-8-23-14-4-3-13(24-16(14)15(10)21)9-6-11(19)17(25)12(20)7-9;14-18(16,17)13-8-6-11(7-9-13)10-15-12-4-2-1-3-5-12/h1,3-4,6-8,25H,5H2,(H2,21,23)(H,22,26);6-9,12,15H,1-5,10H2. The monoisotopic (exact) mass is 657 g/mol. The quantitative estimate of drug-likeness (QED) is 0.139. The van der Waals surface area contributed by atoms with Crippen molar-refractivity contribution in [3.63, 3.8) is 0 Å². The van der Waals surface area contributed by atoms with Gasteiger partial charge < -0.3 is 21.5 Å². The highest BCUT2D eigenvalue weighted by molar-refractivity contribution is 7.86. The maximum Gasteiger partial charge on any atom is 0.332 e. The Hall–Kier alpha value is -3.95. The first-order valence-corrected chi connectivity index (χ1v) is 15.8. The summed E-state index contributed by atoms with van der Waals surface area (Å²) in [5, 5.41) is 15.9. The smallest absolute Gasteiger partial charge is 0.332 e. The number of aromatic hydroxyl groups is 1. The van der Waals surface area contributed by atoms with Crippen LogP contribution in [0.4, 0.5) is 9.57 Å². The molecule has 2 aromatic carbocycles. The van der Waals surface area contributed by atoms with E-state index in [1.165, 1.54) is 62.6 Å². The van der Waals surface area contributed by atoms with Crippen LogP contribution in [0.5, 0.6) is 5.75 Å². The number of carbonyl (C=O) groups is 1. The third kappa shape index (κ3) is 8.36. The first-order chi connectivity index (χ1) is 21.0. The number of nitrogen functional groups attached to an aromatic ring is 1. The van der Waals surface area contributed by atoms with Gasteiger partial charge in [-0.2, -0.15) is 8.42 Å². The fourth-order valence-corrected chi connectivity index (χ4v) is 5.65. The largest absolute Gasteiger partial charge is 0.505 e. The maximum absolute atomic E-state index is 12.7. The van der Waals surface area contributed by atoms with Crippen molar-refractivity contribution in [2.75, 3.05) is 12.3 Å². The molecule has 1 fully saturated rings. The van der Waals surface area contributed by atoms with Crippen LogP contribution < -0.4 is 16.4 Å². The summed E-state index contributed by atoms with van der Waals surface area (Å²) in [5.74, 6) is 1.68. The minimum atomic E-state index is -4.58. The molecule has 4 aromatic rings. The third-order valence-corrected chi connectivity index (χ3v) is 8.48. The van der Waals surface area contributed by atoms with E-state index in [1.54, 1.807) is 24.3 Å². The van der Waals surface area contributed by atoms with E-state index < -0.39 is 16.1 Å². The maximum atomic E-state index is 12.7. The number of anilines is 1. The van der Waals surface area contributed by atoms with Crippen LogP contribution in [-0.2, 0) is 16.8 Å². The van der Waals surface area contributed by atoms with E-state index in [0.717, 1.165) is 5.56 Å². The van der Waals surface area contributed by atoms with Crippen LogP contribution in [0, 0.1) is 12.3 Å². The van der Waals surface area contributed by atoms with Gasteiger partial charge in [0.25, 0.3) is 5.91 Å². The summed E-state index contributed by atoms with van der Waals surface area (Å²) in [6, 6.07) is 13.0. The lowest BCUT2D eigenvalue weighted by atomic mass is 9.95. The van der Waals surface area contributed by atoms with Gasteiger partial charge >= 0.3 is 10.2 Å². The molecule has 2 heterocycles. The third-order valence-electron chi connectivity index (χ3n) is 7.07. The summed E-state index contributed by atoms with van der Waals surface area (Å²) in [6.07, 6.45) is 12.8. The van der Waals surface area contributed by atoms with Gasteiger partial charge in [0.15, 0.2) is 5.75 Å². The minimum Gasteiger partial charge on any atom is -0.505 e. The molecule has 230 valence electrons. The summed E-state index contributed by atoms with van der Waals surface area (Å²) >= 11 is 11.9. The van der Waals surface area contributed by atoms with Crippen molar-refractivity contribution in [2.24, 2.45) is 0 Å². The van der Waals surface area contributed by atoms with Crippen molar-refractivity contribution in [3.8, 4) is 29.4 Å². The molecule has 0 radical (unpaired) electrons. The van der Waals surface area contributed by atoms with E-state index in [2.05, 4.69) is 26.5 Å². The number of phenolic OH excluding ortho intramolecular Hbond substituents is 1. The fraction of sp³-hybridized carbons (Fsp3) is 0.258. The Morgan fingerprint density at radius 1 is 1.09 bits per heavy atom. The van der Waals surface area contributed by atoms with E-state index in [-0.39, 0.29) is 38.5 Å². The topological polar surface area (TPSA) is 147 Å². The number of halogens is 3. The van der Waals surface area contributed by atoms with Crippen molar-refractivity contribution in [2.45, 2.75) is 49.6 Å². The lowest BCUT2D eigenvalue weighted by Crippen LogP contribution is -2.30. The van der Waals surface area contributed by atoms with Crippen molar-refractivity contribution in [1.29, 1.82) is 0 Å². The molecule has 13 heteroatoms. The molecule has 2 aromatic heterocycles. The highest BCUT2D eigenvalue weighted by Crippen LogP contribution is 2.36. The molecule has 5 rings (SSSR count). The number of aromatic nitrogens is 2. The van der Waals surface area contributed by atoms with Crippen LogP contribution in [0.25, 0.3) is 22.3 Å². The van der Waals surface area contributed by atoms with Crippen molar-refractivity contribution >= 4 is 56.1 Å². The van der Waals surface area contributed by atoms with Gasteiger partial charge in [0.05, 0.1) is 43.9 Å². The number of carbonyl (C=O) groups excluding carboxylic acids is 1. The van der Waals surface area contributed by atoms with E-state index >= 15 is 0 Å². The predicted molar refractivity (Wildman–Crippen MR) is 171 cm³/mol. The van der Waals surface area contributed by atoms with Crippen LogP contribution >= 0.6 is 23.2 Å².